The second kappa shape index (κ2) is 5.98. The third-order valence-electron chi connectivity index (χ3n) is 3.51. The summed E-state index contributed by atoms with van der Waals surface area (Å²) in [5, 5.41) is 12.5. The Labute approximate surface area is 118 Å². The van der Waals surface area contributed by atoms with Gasteiger partial charge in [-0.05, 0) is 5.56 Å². The van der Waals surface area contributed by atoms with Crippen LogP contribution >= 0.6 is 0 Å². The number of benzene rings is 1. The molecule has 3 rings (SSSR count). The number of aromatic nitrogens is 2. The predicted octanol–water partition coefficient (Wildman–Crippen LogP) is 1.05. The second-order valence-corrected chi connectivity index (χ2v) is 4.82. The molecule has 5 heteroatoms. The first-order chi connectivity index (χ1) is 9.88. The van der Waals surface area contributed by atoms with Gasteiger partial charge in [0.15, 0.2) is 5.82 Å². The molecule has 0 amide bonds. The van der Waals surface area contributed by atoms with E-state index in [4.69, 9.17) is 5.11 Å². The lowest BCUT2D eigenvalue weighted by Gasteiger charge is -2.29. The van der Waals surface area contributed by atoms with Gasteiger partial charge in [0.2, 0.25) is 0 Å². The molecule has 1 aliphatic heterocycles. The molecule has 2 aromatic rings. The fourth-order valence-corrected chi connectivity index (χ4v) is 2.41. The van der Waals surface area contributed by atoms with Gasteiger partial charge in [0.1, 0.15) is 5.69 Å². The number of aliphatic hydroxyl groups excluding tert-OH is 1. The van der Waals surface area contributed by atoms with Gasteiger partial charge in [0, 0.05) is 44.1 Å². The van der Waals surface area contributed by atoms with Gasteiger partial charge in [-0.25, -0.2) is 4.98 Å². The molecule has 0 spiro atoms. The number of nitrogens with one attached hydrogen (secondary N) is 1. The molecular formula is C15H18N4O. The molecule has 1 saturated heterocycles. The van der Waals surface area contributed by atoms with Crippen molar-refractivity contribution in [2.24, 2.45) is 0 Å². The van der Waals surface area contributed by atoms with Crippen molar-refractivity contribution in [1.82, 2.24) is 15.3 Å². The van der Waals surface area contributed by atoms with Crippen LogP contribution in [-0.2, 0) is 6.61 Å². The Kier molecular flexibility index (Phi) is 3.90. The fraction of sp³-hybridized carbons (Fsp3) is 0.333. The average Bonchev–Trinajstić information content (AvgIpc) is 2.56. The largest absolute Gasteiger partial charge is 0.392 e. The molecule has 1 fully saturated rings. The van der Waals surface area contributed by atoms with Gasteiger partial charge in [-0.3, -0.25) is 4.98 Å². The lowest BCUT2D eigenvalue weighted by molar-refractivity contribution is 0.282. The van der Waals surface area contributed by atoms with Crippen molar-refractivity contribution >= 4 is 5.82 Å². The fourth-order valence-electron chi connectivity index (χ4n) is 2.41. The molecule has 0 atom stereocenters. The number of rotatable bonds is 3. The molecule has 2 heterocycles. The number of nitrogens with zero attached hydrogens (tertiary/aromatic N) is 3. The zero-order chi connectivity index (χ0) is 13.8. The highest BCUT2D eigenvalue weighted by Crippen LogP contribution is 2.26. The van der Waals surface area contributed by atoms with Gasteiger partial charge in [-0.1, -0.05) is 24.3 Å². The van der Waals surface area contributed by atoms with E-state index < -0.39 is 0 Å². The van der Waals surface area contributed by atoms with Crippen LogP contribution in [0, 0.1) is 0 Å². The highest BCUT2D eigenvalue weighted by atomic mass is 16.3. The highest BCUT2D eigenvalue weighted by molar-refractivity contribution is 5.72. The maximum atomic E-state index is 9.11. The predicted molar refractivity (Wildman–Crippen MR) is 78.5 cm³/mol. The van der Waals surface area contributed by atoms with Gasteiger partial charge < -0.3 is 15.3 Å². The van der Waals surface area contributed by atoms with Gasteiger partial charge in [0.25, 0.3) is 0 Å². The summed E-state index contributed by atoms with van der Waals surface area (Å²) in [5.41, 5.74) is 2.84. The summed E-state index contributed by atoms with van der Waals surface area (Å²) in [5.74, 6) is 0.936. The standard InChI is InChI=1S/C15H18N4O/c20-11-12-1-3-13(4-2-12)14-15(18-6-5-17-14)19-9-7-16-8-10-19/h1-6,16,20H,7-11H2. The lowest BCUT2D eigenvalue weighted by Crippen LogP contribution is -2.44. The maximum absolute atomic E-state index is 9.11. The Balaban J connectivity index is 1.95. The van der Waals surface area contributed by atoms with Crippen LogP contribution in [0.25, 0.3) is 11.3 Å². The summed E-state index contributed by atoms with van der Waals surface area (Å²) >= 11 is 0. The quantitative estimate of drug-likeness (QED) is 0.873. The van der Waals surface area contributed by atoms with Crippen molar-refractivity contribution in [3.63, 3.8) is 0 Å². The molecule has 0 saturated carbocycles. The van der Waals surface area contributed by atoms with E-state index in [1.807, 2.05) is 24.3 Å². The van der Waals surface area contributed by atoms with Gasteiger partial charge in [-0.15, -0.1) is 0 Å². The monoisotopic (exact) mass is 270 g/mol. The van der Waals surface area contributed by atoms with Crippen LogP contribution in [0.4, 0.5) is 5.82 Å². The van der Waals surface area contributed by atoms with E-state index in [-0.39, 0.29) is 6.61 Å². The molecule has 1 aliphatic rings. The highest BCUT2D eigenvalue weighted by Gasteiger charge is 2.17. The molecule has 5 nitrogen and oxygen atoms in total. The minimum absolute atomic E-state index is 0.0609. The first-order valence-electron chi connectivity index (χ1n) is 6.85. The normalized spacial score (nSPS) is 15.3. The van der Waals surface area contributed by atoms with E-state index >= 15 is 0 Å². The van der Waals surface area contributed by atoms with E-state index in [1.165, 1.54) is 0 Å². The third-order valence-corrected chi connectivity index (χ3v) is 3.51. The van der Waals surface area contributed by atoms with Crippen LogP contribution in [-0.4, -0.2) is 41.3 Å². The third kappa shape index (κ3) is 2.64. The Morgan fingerprint density at radius 2 is 1.75 bits per heavy atom. The van der Waals surface area contributed by atoms with E-state index in [2.05, 4.69) is 20.2 Å². The Hall–Kier alpha value is -1.98. The molecule has 0 aliphatic carbocycles. The molecule has 1 aromatic heterocycles. The lowest BCUT2D eigenvalue weighted by atomic mass is 10.1. The number of hydrogen-bond donors (Lipinski definition) is 2. The second-order valence-electron chi connectivity index (χ2n) is 4.82. The first-order valence-corrected chi connectivity index (χ1v) is 6.85. The Morgan fingerprint density at radius 3 is 2.45 bits per heavy atom. The summed E-state index contributed by atoms with van der Waals surface area (Å²) < 4.78 is 0. The van der Waals surface area contributed by atoms with Crippen LogP contribution in [0.15, 0.2) is 36.7 Å². The number of hydrogen-bond acceptors (Lipinski definition) is 5. The summed E-state index contributed by atoms with van der Waals surface area (Å²) in [4.78, 5) is 11.3. The molecule has 1 aromatic carbocycles. The zero-order valence-corrected chi connectivity index (χ0v) is 11.3. The topological polar surface area (TPSA) is 61.3 Å². The molecule has 2 N–H and O–H groups in total. The molecule has 0 unspecified atom stereocenters. The zero-order valence-electron chi connectivity index (χ0n) is 11.3. The number of aliphatic hydroxyl groups is 1. The number of anilines is 1. The van der Waals surface area contributed by atoms with Crippen LogP contribution < -0.4 is 10.2 Å². The molecular weight excluding hydrogens is 252 g/mol. The van der Waals surface area contributed by atoms with Crippen molar-refractivity contribution in [3.8, 4) is 11.3 Å². The minimum atomic E-state index is 0.0609. The van der Waals surface area contributed by atoms with Crippen LogP contribution in [0.5, 0.6) is 0 Å². The molecule has 20 heavy (non-hydrogen) atoms. The minimum Gasteiger partial charge on any atom is -0.392 e. The molecule has 0 radical (unpaired) electrons. The van der Waals surface area contributed by atoms with E-state index in [0.717, 1.165) is 48.8 Å². The smallest absolute Gasteiger partial charge is 0.155 e. The molecule has 0 bridgehead atoms. The van der Waals surface area contributed by atoms with Crippen LogP contribution in [0.1, 0.15) is 5.56 Å². The van der Waals surface area contributed by atoms with E-state index in [0.29, 0.717) is 0 Å². The summed E-state index contributed by atoms with van der Waals surface area (Å²) in [6.45, 7) is 3.89. The van der Waals surface area contributed by atoms with Crippen LogP contribution in [0.2, 0.25) is 0 Å². The number of piperazine rings is 1. The van der Waals surface area contributed by atoms with Gasteiger partial charge >= 0.3 is 0 Å². The maximum Gasteiger partial charge on any atom is 0.155 e. The average molecular weight is 270 g/mol. The summed E-state index contributed by atoms with van der Waals surface area (Å²) in [7, 11) is 0. The Bertz CT molecular complexity index is 564. The first kappa shape index (κ1) is 13.0. The van der Waals surface area contributed by atoms with Crippen molar-refractivity contribution in [2.75, 3.05) is 31.1 Å². The van der Waals surface area contributed by atoms with E-state index in [9.17, 15) is 0 Å². The van der Waals surface area contributed by atoms with Crippen molar-refractivity contribution in [2.45, 2.75) is 6.61 Å². The summed E-state index contributed by atoms with van der Waals surface area (Å²) in [6, 6.07) is 7.82. The SMILES string of the molecule is OCc1ccc(-c2nccnc2N2CCNCC2)cc1. The Morgan fingerprint density at radius 1 is 1.05 bits per heavy atom. The molecule has 104 valence electrons. The van der Waals surface area contributed by atoms with Crippen molar-refractivity contribution in [1.29, 1.82) is 0 Å². The van der Waals surface area contributed by atoms with Gasteiger partial charge in [0.05, 0.1) is 6.61 Å². The van der Waals surface area contributed by atoms with Crippen molar-refractivity contribution < 1.29 is 5.11 Å². The van der Waals surface area contributed by atoms with E-state index in [1.54, 1.807) is 12.4 Å². The van der Waals surface area contributed by atoms with Crippen LogP contribution in [0.3, 0.4) is 0 Å². The van der Waals surface area contributed by atoms with Crippen molar-refractivity contribution in [3.05, 3.63) is 42.2 Å². The van der Waals surface area contributed by atoms with Gasteiger partial charge in [-0.2, -0.15) is 0 Å². The summed E-state index contributed by atoms with van der Waals surface area (Å²) in [6.07, 6.45) is 3.46.